The number of hydrogen-bond donors (Lipinski definition) is 0. The van der Waals surface area contributed by atoms with Gasteiger partial charge in [0.1, 0.15) is 0 Å². The molecule has 0 heterocycles. The number of halogens is 1. The van der Waals surface area contributed by atoms with E-state index in [0.717, 1.165) is 6.42 Å². The van der Waals surface area contributed by atoms with Crippen molar-refractivity contribution in [3.05, 3.63) is 16.0 Å². The van der Waals surface area contributed by atoms with E-state index in [0.29, 0.717) is 0 Å². The summed E-state index contributed by atoms with van der Waals surface area (Å²) in [5, 5.41) is 0. The third-order valence-electron chi connectivity index (χ3n) is 1.54. The van der Waals surface area contributed by atoms with E-state index < -0.39 is 0 Å². The molecule has 0 spiro atoms. The Labute approximate surface area is 87.1 Å². The molecule has 0 aromatic heterocycles. The van der Waals surface area contributed by atoms with E-state index in [2.05, 4.69) is 66.1 Å². The van der Waals surface area contributed by atoms with E-state index in [9.17, 15) is 0 Å². The van der Waals surface area contributed by atoms with E-state index in [1.807, 2.05) is 0 Å². The molecule has 0 saturated heterocycles. The first-order valence-electron chi connectivity index (χ1n) is 3.62. The molecule has 0 rings (SSSR count). The molecule has 0 aromatic rings. The number of allylic oxidation sites excluding steroid dienone is 1. The van der Waals surface area contributed by atoms with Crippen molar-refractivity contribution >= 4 is 38.7 Å². The van der Waals surface area contributed by atoms with Gasteiger partial charge in [0.25, 0.3) is 0 Å². The smallest absolute Gasteiger partial charge is 0.0443 e. The first-order valence-corrected chi connectivity index (χ1v) is 5.37. The molecule has 0 amide bonds. The van der Waals surface area contributed by atoms with Gasteiger partial charge >= 0.3 is 0 Å². The molecule has 0 nitrogen and oxygen atoms in total. The second kappa shape index (κ2) is 4.86. The normalized spacial score (nSPS) is 11.8. The van der Waals surface area contributed by atoms with Gasteiger partial charge in [0.15, 0.2) is 0 Å². The lowest BCUT2D eigenvalue weighted by Gasteiger charge is -2.42. The predicted octanol–water partition coefficient (Wildman–Crippen LogP) is 3.40. The van der Waals surface area contributed by atoms with Crippen LogP contribution in [0.2, 0.25) is 0 Å². The number of hydrogen-bond acceptors (Lipinski definition) is 0. The maximum absolute atomic E-state index is 3.92. The van der Waals surface area contributed by atoms with Crippen LogP contribution in [0.4, 0.5) is 0 Å². The fraction of sp³-hybridized carbons (Fsp3) is 0.625. The van der Waals surface area contributed by atoms with Crippen molar-refractivity contribution in [1.82, 2.24) is 0 Å². The Morgan fingerprint density at radius 2 is 2.18 bits per heavy atom. The summed E-state index contributed by atoms with van der Waals surface area (Å²) >= 11 is 2.38. The van der Waals surface area contributed by atoms with Crippen LogP contribution >= 0.6 is 31.7 Å². The second-order valence-electron chi connectivity index (χ2n) is 3.53. The van der Waals surface area contributed by atoms with E-state index in [-0.39, 0.29) is 5.41 Å². The third-order valence-corrected chi connectivity index (χ3v) is 4.37. The lowest BCUT2D eigenvalue weighted by atomic mass is 9.74. The Balaban J connectivity index is 4.08. The summed E-state index contributed by atoms with van der Waals surface area (Å²) in [6, 6.07) is 0. The summed E-state index contributed by atoms with van der Waals surface area (Å²) in [4.78, 5) is 0. The van der Waals surface area contributed by atoms with E-state index >= 15 is 0 Å². The highest BCUT2D eigenvalue weighted by molar-refractivity contribution is 14.1. The average Bonchev–Trinajstić information content (AvgIpc) is 1.83. The van der Waals surface area contributed by atoms with Crippen LogP contribution in [0.1, 0.15) is 27.2 Å². The summed E-state index contributed by atoms with van der Waals surface area (Å²) in [5.41, 5.74) is 1.50. The van der Waals surface area contributed by atoms with Gasteiger partial charge in [-0.1, -0.05) is 25.8 Å². The SMILES string of the molecule is C=C(C)CC(C)(C)[C-](I)[B]P. The molecule has 0 N–H and O–H groups in total. The molecular formula is C8H15BIP-. The molecular weight excluding hydrogens is 265 g/mol. The highest BCUT2D eigenvalue weighted by Gasteiger charge is 2.13. The monoisotopic (exact) mass is 280 g/mol. The summed E-state index contributed by atoms with van der Waals surface area (Å²) in [6.07, 6.45) is 1.07. The van der Waals surface area contributed by atoms with Gasteiger partial charge in [0.05, 0.1) is 0 Å². The standard InChI is InChI=1S/C8H15BIP/c1-6(2)5-8(3,4)7(10)9-11/h1,5,11H2,2-4H3/q-1. The molecule has 63 valence electrons. The average molecular weight is 280 g/mol. The molecule has 1 radical (unpaired) electrons. The lowest BCUT2D eigenvalue weighted by molar-refractivity contribution is 0.453. The van der Waals surface area contributed by atoms with E-state index in [1.54, 1.807) is 0 Å². The van der Waals surface area contributed by atoms with Crippen LogP contribution < -0.4 is 0 Å². The maximum Gasteiger partial charge on any atom is -0.0443 e. The Morgan fingerprint density at radius 3 is 2.45 bits per heavy atom. The van der Waals surface area contributed by atoms with Gasteiger partial charge in [-0.25, -0.2) is 9.12 Å². The summed E-state index contributed by atoms with van der Waals surface area (Å²) in [7, 11) is 2.64. The van der Waals surface area contributed by atoms with Crippen LogP contribution in [0.25, 0.3) is 0 Å². The molecule has 0 aliphatic carbocycles. The predicted molar refractivity (Wildman–Crippen MR) is 65.9 cm³/mol. The zero-order valence-corrected chi connectivity index (χ0v) is 10.8. The van der Waals surface area contributed by atoms with Gasteiger partial charge in [0.2, 0.25) is 0 Å². The Hall–Kier alpha value is 0.965. The van der Waals surface area contributed by atoms with Crippen LogP contribution in [0.15, 0.2) is 12.2 Å². The molecule has 0 aliphatic heterocycles. The van der Waals surface area contributed by atoms with Gasteiger partial charge in [-0.3, -0.25) is 3.82 Å². The molecule has 3 heteroatoms. The molecule has 1 unspecified atom stereocenters. The van der Waals surface area contributed by atoms with Gasteiger partial charge in [0, 0.05) is 0 Å². The minimum atomic E-state index is 0.258. The molecule has 0 aliphatic rings. The Kier molecular flexibility index (Phi) is 5.29. The Bertz CT molecular complexity index is 145. The highest BCUT2D eigenvalue weighted by Crippen LogP contribution is 2.39. The van der Waals surface area contributed by atoms with Gasteiger partial charge in [-0.2, -0.15) is 5.41 Å². The largest absolute Gasteiger partial charge is 0.318 e. The number of rotatable bonds is 4. The lowest BCUT2D eigenvalue weighted by Crippen LogP contribution is -2.20. The van der Waals surface area contributed by atoms with Crippen molar-refractivity contribution in [2.24, 2.45) is 5.41 Å². The third kappa shape index (κ3) is 4.52. The summed E-state index contributed by atoms with van der Waals surface area (Å²) in [6.45, 7) is 12.6. The van der Waals surface area contributed by atoms with Crippen molar-refractivity contribution < 1.29 is 0 Å². The molecule has 0 bridgehead atoms. The quantitative estimate of drug-likeness (QED) is 0.243. The van der Waals surface area contributed by atoms with Crippen molar-refractivity contribution in [3.63, 3.8) is 0 Å². The minimum absolute atomic E-state index is 0.258. The van der Waals surface area contributed by atoms with Crippen LogP contribution in [0, 0.1) is 9.24 Å². The van der Waals surface area contributed by atoms with Crippen molar-refractivity contribution in [1.29, 1.82) is 0 Å². The fourth-order valence-electron chi connectivity index (χ4n) is 1.06. The summed E-state index contributed by atoms with van der Waals surface area (Å²) in [5.74, 6) is 0. The molecule has 1 atom stereocenters. The molecule has 0 aromatic carbocycles. The van der Waals surface area contributed by atoms with Gasteiger partial charge in [-0.15, -0.1) is 6.58 Å². The van der Waals surface area contributed by atoms with Crippen molar-refractivity contribution in [3.8, 4) is 0 Å². The van der Waals surface area contributed by atoms with Crippen LogP contribution in [-0.4, -0.2) is 7.00 Å². The van der Waals surface area contributed by atoms with Crippen LogP contribution in [0.3, 0.4) is 0 Å². The van der Waals surface area contributed by atoms with E-state index in [1.165, 1.54) is 9.40 Å². The maximum atomic E-state index is 3.92. The van der Waals surface area contributed by atoms with Crippen molar-refractivity contribution in [2.45, 2.75) is 27.2 Å². The van der Waals surface area contributed by atoms with Gasteiger partial charge < -0.3 is 22.6 Å². The molecule has 11 heavy (non-hydrogen) atoms. The Morgan fingerprint density at radius 1 is 1.73 bits per heavy atom. The van der Waals surface area contributed by atoms with Crippen LogP contribution in [-0.2, 0) is 0 Å². The first kappa shape index (κ1) is 12.0. The summed E-state index contributed by atoms with van der Waals surface area (Å²) < 4.78 is 1.38. The fourth-order valence-corrected chi connectivity index (χ4v) is 1.71. The highest BCUT2D eigenvalue weighted by atomic mass is 127. The minimum Gasteiger partial charge on any atom is -0.318 e. The van der Waals surface area contributed by atoms with Crippen molar-refractivity contribution in [2.75, 3.05) is 0 Å². The second-order valence-corrected chi connectivity index (χ2v) is 5.03. The van der Waals surface area contributed by atoms with Gasteiger partial charge in [-0.05, 0) is 13.9 Å². The topological polar surface area (TPSA) is 0 Å². The first-order chi connectivity index (χ1) is 4.90. The molecule has 0 saturated carbocycles. The molecule has 0 fully saturated rings. The zero-order chi connectivity index (χ0) is 9.07. The van der Waals surface area contributed by atoms with Crippen LogP contribution in [0.5, 0.6) is 0 Å². The zero-order valence-electron chi connectivity index (χ0n) is 7.45. The van der Waals surface area contributed by atoms with E-state index in [4.69, 9.17) is 0 Å².